The molecule has 20 heavy (non-hydrogen) atoms. The maximum absolute atomic E-state index is 3.94. The second-order valence-corrected chi connectivity index (χ2v) is 5.00. The van der Waals surface area contributed by atoms with Gasteiger partial charge in [-0.25, -0.2) is 0 Å². The van der Waals surface area contributed by atoms with E-state index < -0.39 is 0 Å². The molecular formula is C20H22. The van der Waals surface area contributed by atoms with Crippen molar-refractivity contribution in [3.8, 4) is 0 Å². The van der Waals surface area contributed by atoms with Crippen LogP contribution in [-0.4, -0.2) is 0 Å². The Labute approximate surface area is 122 Å². The van der Waals surface area contributed by atoms with Gasteiger partial charge in [-0.2, -0.15) is 0 Å². The third kappa shape index (κ3) is 3.96. The molecule has 0 heterocycles. The fourth-order valence-corrected chi connectivity index (χ4v) is 2.31. The summed E-state index contributed by atoms with van der Waals surface area (Å²) < 4.78 is 0. The van der Waals surface area contributed by atoms with E-state index in [2.05, 4.69) is 68.1 Å². The van der Waals surface area contributed by atoms with Gasteiger partial charge in [0, 0.05) is 0 Å². The zero-order chi connectivity index (χ0) is 14.2. The number of allylic oxidation sites excluding steroid dienone is 3. The maximum atomic E-state index is 3.94. The van der Waals surface area contributed by atoms with Gasteiger partial charge in [0.05, 0.1) is 0 Å². The van der Waals surface area contributed by atoms with Crippen LogP contribution in [0.15, 0.2) is 73.3 Å². The number of hydrogen-bond acceptors (Lipinski definition) is 0. The van der Waals surface area contributed by atoms with Crippen LogP contribution in [0.1, 0.15) is 30.0 Å². The van der Waals surface area contributed by atoms with Gasteiger partial charge in [0.15, 0.2) is 0 Å². The van der Waals surface area contributed by atoms with Gasteiger partial charge in [-0.15, -0.1) is 0 Å². The monoisotopic (exact) mass is 262 g/mol. The molecular weight excluding hydrogens is 240 g/mol. The first-order valence-electron chi connectivity index (χ1n) is 7.29. The molecule has 2 rings (SSSR count). The molecule has 0 aliphatic rings. The van der Waals surface area contributed by atoms with E-state index in [0.717, 1.165) is 12.8 Å². The second kappa shape index (κ2) is 7.49. The lowest BCUT2D eigenvalue weighted by Crippen LogP contribution is -1.87. The first kappa shape index (κ1) is 14.3. The Morgan fingerprint density at radius 1 is 0.950 bits per heavy atom. The molecule has 0 radical (unpaired) electrons. The summed E-state index contributed by atoms with van der Waals surface area (Å²) in [6, 6.07) is 19.4. The van der Waals surface area contributed by atoms with E-state index in [0.29, 0.717) is 0 Å². The molecule has 0 amide bonds. The van der Waals surface area contributed by atoms with Crippen LogP contribution in [0.25, 0.3) is 5.57 Å². The predicted molar refractivity (Wildman–Crippen MR) is 88.8 cm³/mol. The zero-order valence-corrected chi connectivity index (χ0v) is 12.2. The number of benzene rings is 2. The summed E-state index contributed by atoms with van der Waals surface area (Å²) in [4.78, 5) is 0. The topological polar surface area (TPSA) is 0 Å². The molecule has 0 nitrogen and oxygen atoms in total. The third-order valence-electron chi connectivity index (χ3n) is 3.45. The SMILES string of the molecule is C=C/C(=C/Cc1ccccc1)c1ccc(CCC)cc1. The molecule has 0 unspecified atom stereocenters. The summed E-state index contributed by atoms with van der Waals surface area (Å²) in [6.45, 7) is 6.15. The summed E-state index contributed by atoms with van der Waals surface area (Å²) >= 11 is 0. The van der Waals surface area contributed by atoms with Crippen molar-refractivity contribution in [2.45, 2.75) is 26.2 Å². The highest BCUT2D eigenvalue weighted by molar-refractivity contribution is 5.73. The van der Waals surface area contributed by atoms with Gasteiger partial charge in [0.25, 0.3) is 0 Å². The van der Waals surface area contributed by atoms with Crippen molar-refractivity contribution in [1.82, 2.24) is 0 Å². The predicted octanol–water partition coefficient (Wildman–Crippen LogP) is 5.45. The van der Waals surface area contributed by atoms with Crippen molar-refractivity contribution >= 4 is 5.57 Å². The minimum Gasteiger partial charge on any atom is -0.0985 e. The highest BCUT2D eigenvalue weighted by Gasteiger charge is 1.98. The smallest absolute Gasteiger partial charge is 0.00882 e. The Bertz CT molecular complexity index is 559. The molecule has 2 aromatic carbocycles. The van der Waals surface area contributed by atoms with Crippen LogP contribution >= 0.6 is 0 Å². The van der Waals surface area contributed by atoms with Crippen molar-refractivity contribution in [1.29, 1.82) is 0 Å². The van der Waals surface area contributed by atoms with Crippen LogP contribution in [0.4, 0.5) is 0 Å². The fraction of sp³-hybridized carbons (Fsp3) is 0.200. The lowest BCUT2D eigenvalue weighted by Gasteiger charge is -2.05. The minimum atomic E-state index is 0.943. The Morgan fingerprint density at radius 2 is 1.65 bits per heavy atom. The second-order valence-electron chi connectivity index (χ2n) is 5.00. The minimum absolute atomic E-state index is 0.943. The molecule has 0 saturated heterocycles. The summed E-state index contributed by atoms with van der Waals surface area (Å²) in [5.74, 6) is 0. The zero-order valence-electron chi connectivity index (χ0n) is 12.2. The van der Waals surface area contributed by atoms with Gasteiger partial charge in [-0.1, -0.05) is 86.7 Å². The average molecular weight is 262 g/mol. The molecule has 102 valence electrons. The number of hydrogen-bond donors (Lipinski definition) is 0. The standard InChI is InChI=1S/C20H22/c1-3-8-17-12-15-20(16-13-17)19(4-2)14-11-18-9-6-5-7-10-18/h4-7,9-10,12-16H,2-3,8,11H2,1H3/b19-14-. The van der Waals surface area contributed by atoms with Gasteiger partial charge in [-0.3, -0.25) is 0 Å². The Hall–Kier alpha value is -2.08. The molecule has 0 fully saturated rings. The van der Waals surface area contributed by atoms with Crippen molar-refractivity contribution in [2.75, 3.05) is 0 Å². The van der Waals surface area contributed by atoms with Crippen LogP contribution in [0.3, 0.4) is 0 Å². The third-order valence-corrected chi connectivity index (χ3v) is 3.45. The quantitative estimate of drug-likeness (QED) is 0.607. The van der Waals surface area contributed by atoms with Crippen molar-refractivity contribution in [3.05, 3.63) is 90.0 Å². The molecule has 0 aliphatic heterocycles. The molecule has 0 atom stereocenters. The van der Waals surface area contributed by atoms with E-state index in [1.54, 1.807) is 0 Å². The van der Waals surface area contributed by atoms with Gasteiger partial charge >= 0.3 is 0 Å². The molecule has 0 heteroatoms. The largest absolute Gasteiger partial charge is 0.0985 e. The van der Waals surface area contributed by atoms with Crippen LogP contribution < -0.4 is 0 Å². The van der Waals surface area contributed by atoms with Crippen LogP contribution in [-0.2, 0) is 12.8 Å². The molecule has 0 bridgehead atoms. The summed E-state index contributed by atoms with van der Waals surface area (Å²) in [5.41, 5.74) is 5.19. The highest BCUT2D eigenvalue weighted by atomic mass is 14.0. The van der Waals surface area contributed by atoms with E-state index in [1.165, 1.54) is 28.7 Å². The molecule has 0 aromatic heterocycles. The van der Waals surface area contributed by atoms with Gasteiger partial charge in [0.2, 0.25) is 0 Å². The average Bonchev–Trinajstić information content (AvgIpc) is 2.51. The summed E-state index contributed by atoms with van der Waals surface area (Å²) in [6.07, 6.45) is 7.47. The Morgan fingerprint density at radius 3 is 2.25 bits per heavy atom. The van der Waals surface area contributed by atoms with E-state index >= 15 is 0 Å². The Balaban J connectivity index is 2.13. The van der Waals surface area contributed by atoms with Crippen LogP contribution in [0.5, 0.6) is 0 Å². The molecule has 0 spiro atoms. The first-order valence-corrected chi connectivity index (χ1v) is 7.29. The molecule has 0 aliphatic carbocycles. The molecule has 2 aromatic rings. The maximum Gasteiger partial charge on any atom is -0.00882 e. The fourth-order valence-electron chi connectivity index (χ4n) is 2.31. The first-order chi connectivity index (χ1) is 9.83. The van der Waals surface area contributed by atoms with E-state index in [4.69, 9.17) is 0 Å². The van der Waals surface area contributed by atoms with Gasteiger partial charge in [0.1, 0.15) is 0 Å². The van der Waals surface area contributed by atoms with Gasteiger partial charge < -0.3 is 0 Å². The highest BCUT2D eigenvalue weighted by Crippen LogP contribution is 2.18. The summed E-state index contributed by atoms with van der Waals surface area (Å²) in [5, 5.41) is 0. The van der Waals surface area contributed by atoms with Crippen molar-refractivity contribution in [2.24, 2.45) is 0 Å². The normalized spacial score (nSPS) is 11.3. The van der Waals surface area contributed by atoms with Crippen LogP contribution in [0, 0.1) is 0 Å². The van der Waals surface area contributed by atoms with Crippen molar-refractivity contribution in [3.63, 3.8) is 0 Å². The molecule has 0 saturated carbocycles. The Kier molecular flexibility index (Phi) is 5.37. The van der Waals surface area contributed by atoms with E-state index in [1.807, 2.05) is 12.1 Å². The van der Waals surface area contributed by atoms with E-state index in [-0.39, 0.29) is 0 Å². The lowest BCUT2D eigenvalue weighted by molar-refractivity contribution is 0.922. The van der Waals surface area contributed by atoms with Crippen molar-refractivity contribution < 1.29 is 0 Å². The van der Waals surface area contributed by atoms with E-state index in [9.17, 15) is 0 Å². The van der Waals surface area contributed by atoms with Gasteiger partial charge in [-0.05, 0) is 35.1 Å². The summed E-state index contributed by atoms with van der Waals surface area (Å²) in [7, 11) is 0. The van der Waals surface area contributed by atoms with Crippen LogP contribution in [0.2, 0.25) is 0 Å². The molecule has 0 N–H and O–H groups in total. The number of rotatable bonds is 6. The lowest BCUT2D eigenvalue weighted by atomic mass is 10.0. The number of aryl methyl sites for hydroxylation is 1.